The van der Waals surface area contributed by atoms with Crippen LogP contribution >= 0.6 is 0 Å². The van der Waals surface area contributed by atoms with Gasteiger partial charge in [-0.25, -0.2) is 13.2 Å². The fourth-order valence-corrected chi connectivity index (χ4v) is 5.34. The first kappa shape index (κ1) is 20.0. The molecule has 2 atom stereocenters. The minimum absolute atomic E-state index is 0.0894. The van der Waals surface area contributed by atoms with E-state index in [1.165, 1.54) is 10.8 Å². The number of nitrogens with zero attached hydrogens (tertiary/aromatic N) is 6. The number of carbonyl (C=O) groups excluding carboxylic acids is 1. The minimum atomic E-state index is -1.49. The first-order chi connectivity index (χ1) is 15.9. The van der Waals surface area contributed by atoms with Crippen LogP contribution in [-0.2, 0) is 13.5 Å². The average molecular weight is 452 g/mol. The molecule has 0 N–H and O–H groups in total. The summed E-state index contributed by atoms with van der Waals surface area (Å²) >= 11 is 0. The number of benzene rings is 1. The van der Waals surface area contributed by atoms with Gasteiger partial charge in [0.15, 0.2) is 17.5 Å². The van der Waals surface area contributed by atoms with Gasteiger partial charge in [0, 0.05) is 30.4 Å². The molecule has 168 valence electrons. The summed E-state index contributed by atoms with van der Waals surface area (Å²) < 4.78 is 44.5. The molecule has 10 heteroatoms. The summed E-state index contributed by atoms with van der Waals surface area (Å²) in [4.78, 5) is 15.5. The van der Waals surface area contributed by atoms with Crippen LogP contribution in [0.2, 0.25) is 0 Å². The largest absolute Gasteiger partial charge is 0.327 e. The molecule has 2 bridgehead atoms. The number of piperidine rings is 1. The molecule has 6 rings (SSSR count). The molecule has 0 unspecified atom stereocenters. The van der Waals surface area contributed by atoms with Gasteiger partial charge in [0.25, 0.3) is 5.91 Å². The van der Waals surface area contributed by atoms with Crippen molar-refractivity contribution in [3.8, 4) is 11.3 Å². The number of hydrogen-bond donors (Lipinski definition) is 0. The van der Waals surface area contributed by atoms with Gasteiger partial charge in [-0.3, -0.25) is 9.48 Å². The van der Waals surface area contributed by atoms with E-state index in [-0.39, 0.29) is 23.6 Å². The van der Waals surface area contributed by atoms with Crippen LogP contribution in [0.25, 0.3) is 16.8 Å². The van der Waals surface area contributed by atoms with E-state index in [1.807, 2.05) is 4.90 Å². The average Bonchev–Trinajstić information content (AvgIpc) is 3.37. The summed E-state index contributed by atoms with van der Waals surface area (Å²) in [6, 6.07) is 5.20. The number of halogens is 3. The van der Waals surface area contributed by atoms with Crippen LogP contribution in [0.4, 0.5) is 13.2 Å². The second-order valence-electron chi connectivity index (χ2n) is 8.56. The van der Waals surface area contributed by atoms with Crippen LogP contribution in [0.3, 0.4) is 0 Å². The van der Waals surface area contributed by atoms with Gasteiger partial charge in [0.1, 0.15) is 5.52 Å². The Morgan fingerprint density at radius 3 is 2.70 bits per heavy atom. The van der Waals surface area contributed by atoms with Crippen molar-refractivity contribution in [2.45, 2.75) is 37.8 Å². The Morgan fingerprint density at radius 1 is 1.12 bits per heavy atom. The van der Waals surface area contributed by atoms with Crippen molar-refractivity contribution in [1.29, 1.82) is 0 Å². The summed E-state index contributed by atoms with van der Waals surface area (Å²) in [5.74, 6) is -4.11. The summed E-state index contributed by atoms with van der Waals surface area (Å²) in [5.41, 5.74) is 3.45. The number of carbonyl (C=O) groups is 1. The first-order valence-electron chi connectivity index (χ1n) is 10.8. The number of fused-ring (bicyclic) bond motifs is 5. The Hall–Kier alpha value is -3.69. The normalized spacial score (nSPS) is 19.7. The predicted octanol–water partition coefficient (Wildman–Crippen LogP) is 3.84. The van der Waals surface area contributed by atoms with Crippen molar-refractivity contribution in [2.24, 2.45) is 7.05 Å². The molecule has 2 aliphatic heterocycles. The molecule has 1 aromatic carbocycles. The van der Waals surface area contributed by atoms with Crippen molar-refractivity contribution in [1.82, 2.24) is 29.5 Å². The predicted molar refractivity (Wildman–Crippen MR) is 112 cm³/mol. The van der Waals surface area contributed by atoms with Crippen molar-refractivity contribution in [3.63, 3.8) is 0 Å². The molecule has 1 amide bonds. The monoisotopic (exact) mass is 452 g/mol. The lowest BCUT2D eigenvalue weighted by molar-refractivity contribution is 0.0394. The topological polar surface area (TPSA) is 68.3 Å². The fraction of sp³-hybridized carbons (Fsp3) is 0.304. The minimum Gasteiger partial charge on any atom is -0.327 e. The molecule has 5 heterocycles. The van der Waals surface area contributed by atoms with Crippen molar-refractivity contribution in [2.75, 3.05) is 0 Å². The summed E-state index contributed by atoms with van der Waals surface area (Å²) in [5, 5.41) is 13.0. The van der Waals surface area contributed by atoms with Gasteiger partial charge < -0.3 is 4.90 Å². The third-order valence-corrected chi connectivity index (χ3v) is 6.70. The third-order valence-electron chi connectivity index (χ3n) is 6.70. The SMILES string of the molecule is Cn1nc2c(c1-c1cc(F)c(F)c(F)c1)C[C@@H]1CCC[C@H]2N1C(=O)c1cnn2ncccc12. The summed E-state index contributed by atoms with van der Waals surface area (Å²) in [6.07, 6.45) is 6.12. The summed E-state index contributed by atoms with van der Waals surface area (Å²) in [7, 11) is 1.69. The van der Waals surface area contributed by atoms with Crippen LogP contribution in [0.5, 0.6) is 0 Å². The van der Waals surface area contributed by atoms with Crippen molar-refractivity contribution < 1.29 is 18.0 Å². The van der Waals surface area contributed by atoms with Crippen LogP contribution in [0.15, 0.2) is 36.7 Å². The lowest BCUT2D eigenvalue weighted by Gasteiger charge is -2.45. The molecule has 7 nitrogen and oxygen atoms in total. The van der Waals surface area contributed by atoms with Gasteiger partial charge in [-0.15, -0.1) is 0 Å². The quantitative estimate of drug-likeness (QED) is 0.434. The molecule has 2 aliphatic rings. The molecular formula is C23H19F3N6O. The number of aryl methyl sites for hydroxylation is 1. The number of aromatic nitrogens is 5. The molecule has 33 heavy (non-hydrogen) atoms. The molecular weight excluding hydrogens is 433 g/mol. The van der Waals surface area contributed by atoms with Gasteiger partial charge >= 0.3 is 0 Å². The Kier molecular flexibility index (Phi) is 4.33. The highest BCUT2D eigenvalue weighted by Crippen LogP contribution is 2.45. The van der Waals surface area contributed by atoms with E-state index in [4.69, 9.17) is 0 Å². The Bertz CT molecular complexity index is 1400. The highest BCUT2D eigenvalue weighted by atomic mass is 19.2. The van der Waals surface area contributed by atoms with Gasteiger partial charge in [0.2, 0.25) is 0 Å². The maximum Gasteiger partial charge on any atom is 0.258 e. The molecule has 4 aromatic rings. The molecule has 0 aliphatic carbocycles. The van der Waals surface area contributed by atoms with Gasteiger partial charge in [-0.05, 0) is 49.9 Å². The first-order valence-corrected chi connectivity index (χ1v) is 10.8. The standard InChI is InChI=1S/C23H19F3N6O/c1-30-22(12-8-16(24)20(26)17(25)9-12)14-10-13-4-2-5-19(21(14)29-30)31(13)23(33)15-11-28-32-18(15)6-3-7-27-32/h3,6-9,11,13,19H,2,4-5,10H2,1H3/t13-,19+/m0/s1. The number of rotatable bonds is 2. The van der Waals surface area contributed by atoms with Crippen LogP contribution in [0.1, 0.15) is 46.9 Å². The zero-order valence-corrected chi connectivity index (χ0v) is 17.7. The molecule has 0 spiro atoms. The number of amides is 1. The smallest absolute Gasteiger partial charge is 0.258 e. The molecule has 0 radical (unpaired) electrons. The maximum absolute atomic E-state index is 14.0. The second-order valence-corrected chi connectivity index (χ2v) is 8.56. The van der Waals surface area contributed by atoms with E-state index in [0.29, 0.717) is 23.2 Å². The van der Waals surface area contributed by atoms with E-state index < -0.39 is 17.5 Å². The van der Waals surface area contributed by atoms with Gasteiger partial charge in [-0.2, -0.15) is 19.9 Å². The van der Waals surface area contributed by atoms with E-state index >= 15 is 0 Å². The lowest BCUT2D eigenvalue weighted by atomic mass is 9.81. The maximum atomic E-state index is 14.0. The van der Waals surface area contributed by atoms with Crippen LogP contribution < -0.4 is 0 Å². The Labute approximate surface area is 186 Å². The van der Waals surface area contributed by atoms with Crippen molar-refractivity contribution in [3.05, 3.63) is 70.9 Å². The van der Waals surface area contributed by atoms with Crippen LogP contribution in [-0.4, -0.2) is 41.5 Å². The highest BCUT2D eigenvalue weighted by Gasteiger charge is 2.44. The second kappa shape index (κ2) is 7.16. The van der Waals surface area contributed by atoms with E-state index in [9.17, 15) is 18.0 Å². The van der Waals surface area contributed by atoms with Gasteiger partial charge in [0.05, 0.1) is 29.2 Å². The molecule has 0 saturated carbocycles. The van der Waals surface area contributed by atoms with Gasteiger partial charge in [-0.1, -0.05) is 0 Å². The van der Waals surface area contributed by atoms with E-state index in [0.717, 1.165) is 42.7 Å². The Balaban J connectivity index is 1.45. The Morgan fingerprint density at radius 2 is 1.91 bits per heavy atom. The zero-order valence-electron chi connectivity index (χ0n) is 17.7. The third kappa shape index (κ3) is 2.89. The zero-order chi connectivity index (χ0) is 22.9. The van der Waals surface area contributed by atoms with Crippen molar-refractivity contribution >= 4 is 11.4 Å². The molecule has 1 fully saturated rings. The highest BCUT2D eigenvalue weighted by molar-refractivity contribution is 6.01. The van der Waals surface area contributed by atoms with Crippen LogP contribution in [0, 0.1) is 17.5 Å². The molecule has 1 saturated heterocycles. The van der Waals surface area contributed by atoms with E-state index in [1.54, 1.807) is 30.1 Å². The lowest BCUT2D eigenvalue weighted by Crippen LogP contribution is -2.49. The number of hydrogen-bond acceptors (Lipinski definition) is 4. The fourth-order valence-electron chi connectivity index (χ4n) is 5.34. The summed E-state index contributed by atoms with van der Waals surface area (Å²) in [6.45, 7) is 0. The van der Waals surface area contributed by atoms with E-state index in [2.05, 4.69) is 15.3 Å². The molecule has 3 aromatic heterocycles.